The number of hydrogen-bond acceptors (Lipinski definition) is 4. The Kier molecular flexibility index (Phi) is 15.5. The molecule has 2 N–H and O–H groups in total. The fourth-order valence-electron chi connectivity index (χ4n) is 6.04. The Morgan fingerprint density at radius 1 is 0.535 bits per heavy atom. The van der Waals surface area contributed by atoms with Gasteiger partial charge in [0.05, 0.1) is 12.5 Å². The fraction of sp³-hybridized carbons (Fsp3) is 0.684. The van der Waals surface area contributed by atoms with Crippen molar-refractivity contribution in [3.63, 3.8) is 0 Å². The van der Waals surface area contributed by atoms with Gasteiger partial charge in [0.2, 0.25) is 0 Å². The van der Waals surface area contributed by atoms with Crippen LogP contribution in [0.5, 0.6) is 23.0 Å². The van der Waals surface area contributed by atoms with E-state index in [2.05, 4.69) is 93.5 Å². The third-order valence-corrected chi connectivity index (χ3v) is 12.5. The van der Waals surface area contributed by atoms with Gasteiger partial charge < -0.3 is 19.7 Å². The number of rotatable bonds is 20. The van der Waals surface area contributed by atoms with Crippen LogP contribution in [0.1, 0.15) is 117 Å². The summed E-state index contributed by atoms with van der Waals surface area (Å²) in [7, 11) is -2.00. The van der Waals surface area contributed by atoms with Crippen LogP contribution in [0, 0.1) is 23.7 Å². The highest BCUT2D eigenvalue weighted by molar-refractivity contribution is 6.79. The number of aromatic hydroxyl groups is 2. The minimum atomic E-state index is -2.00. The minimum Gasteiger partial charge on any atom is -0.507 e. The van der Waals surface area contributed by atoms with Crippen LogP contribution in [0.4, 0.5) is 0 Å². The van der Waals surface area contributed by atoms with E-state index in [0.717, 1.165) is 84.7 Å². The van der Waals surface area contributed by atoms with E-state index < -0.39 is 8.07 Å². The fourth-order valence-corrected chi connectivity index (χ4v) is 10.1. The molecule has 2 aromatic rings. The molecule has 0 spiro atoms. The third-order valence-electron chi connectivity index (χ3n) is 8.21. The molecule has 0 aromatic heterocycles. The summed E-state index contributed by atoms with van der Waals surface area (Å²) in [5, 5.41) is 22.1. The Hall–Kier alpha value is -2.14. The molecule has 0 unspecified atom stereocenters. The zero-order chi connectivity index (χ0) is 32.2. The second-order valence-corrected chi connectivity index (χ2v) is 19.4. The van der Waals surface area contributed by atoms with Gasteiger partial charge in [0, 0.05) is 0 Å². The minimum absolute atomic E-state index is 0.445. The maximum absolute atomic E-state index is 11.1. The van der Waals surface area contributed by atoms with Crippen molar-refractivity contribution >= 4 is 8.07 Å². The number of ether oxygens (including phenoxy) is 2. The Labute approximate surface area is 265 Å². The monoisotopic (exact) mass is 612 g/mol. The third kappa shape index (κ3) is 12.4. The highest BCUT2D eigenvalue weighted by Gasteiger charge is 2.35. The second kappa shape index (κ2) is 18.0. The molecule has 0 fully saturated rings. The normalized spacial score (nSPS) is 12.2. The standard InChI is InChI=1S/C38H64O4Si/c1-11-13-15-43(16-14-12-2,25-41-35-21-31(17-27(3)4)37(39)32(22-35)18-28(5)6)26-42-36-23-33(19-29(7)8)38(40)34(24-36)20-30(9)10/h21-24,27-30,39-40H,11-20,25-26H2,1-10H3. The van der Waals surface area contributed by atoms with Gasteiger partial charge in [0.25, 0.3) is 0 Å². The summed E-state index contributed by atoms with van der Waals surface area (Å²) in [6.07, 6.45) is 9.47. The highest BCUT2D eigenvalue weighted by atomic mass is 28.3. The lowest BCUT2D eigenvalue weighted by atomic mass is 9.95. The van der Waals surface area contributed by atoms with Gasteiger partial charge in [0.1, 0.15) is 31.1 Å². The number of benzene rings is 2. The largest absolute Gasteiger partial charge is 0.507 e. The highest BCUT2D eigenvalue weighted by Crippen LogP contribution is 2.35. The molecule has 0 radical (unpaired) electrons. The Morgan fingerprint density at radius 2 is 0.814 bits per heavy atom. The molecule has 0 aliphatic heterocycles. The van der Waals surface area contributed by atoms with Crippen LogP contribution < -0.4 is 9.47 Å². The van der Waals surface area contributed by atoms with E-state index in [1.165, 1.54) is 24.9 Å². The van der Waals surface area contributed by atoms with Crippen molar-refractivity contribution in [2.24, 2.45) is 23.7 Å². The SMILES string of the molecule is CCCC[Si](CCCC)(COc1cc(CC(C)C)c(O)c(CC(C)C)c1)COc1cc(CC(C)C)c(O)c(CC(C)C)c1. The predicted octanol–water partition coefficient (Wildman–Crippen LogP) is 10.5. The molecule has 0 amide bonds. The molecule has 2 rings (SSSR count). The summed E-state index contributed by atoms with van der Waals surface area (Å²) in [5.74, 6) is 4.48. The Morgan fingerprint density at radius 3 is 1.05 bits per heavy atom. The van der Waals surface area contributed by atoms with Crippen molar-refractivity contribution in [1.82, 2.24) is 0 Å². The van der Waals surface area contributed by atoms with E-state index in [1.807, 2.05) is 0 Å². The van der Waals surface area contributed by atoms with E-state index in [0.29, 0.717) is 35.2 Å². The topological polar surface area (TPSA) is 58.9 Å². The van der Waals surface area contributed by atoms with Gasteiger partial charge in [-0.15, -0.1) is 0 Å². The van der Waals surface area contributed by atoms with Crippen molar-refractivity contribution in [2.45, 2.75) is 133 Å². The first-order chi connectivity index (χ1) is 20.3. The average molecular weight is 613 g/mol. The first-order valence-electron chi connectivity index (χ1n) is 17.2. The molecule has 2 aromatic carbocycles. The lowest BCUT2D eigenvalue weighted by molar-refractivity contribution is 0.336. The molecule has 244 valence electrons. The summed E-state index contributed by atoms with van der Waals surface area (Å²) < 4.78 is 13.5. The molecule has 0 atom stereocenters. The van der Waals surface area contributed by atoms with Gasteiger partial charge in [-0.1, -0.05) is 107 Å². The number of phenolic OH excluding ortho intramolecular Hbond substituents is 2. The lowest BCUT2D eigenvalue weighted by Gasteiger charge is -2.32. The summed E-state index contributed by atoms with van der Waals surface area (Å²) in [6.45, 7) is 22.1. The molecule has 0 bridgehead atoms. The molecule has 0 saturated carbocycles. The van der Waals surface area contributed by atoms with Gasteiger partial charge >= 0.3 is 0 Å². The average Bonchev–Trinajstić information content (AvgIpc) is 2.91. The summed E-state index contributed by atoms with van der Waals surface area (Å²) >= 11 is 0. The molecule has 4 nitrogen and oxygen atoms in total. The molecule has 0 heterocycles. The smallest absolute Gasteiger partial charge is 0.142 e. The molecule has 0 saturated heterocycles. The molecular formula is C38H64O4Si. The van der Waals surface area contributed by atoms with Gasteiger partial charge in [-0.05, 0) is 95.9 Å². The van der Waals surface area contributed by atoms with Crippen molar-refractivity contribution < 1.29 is 19.7 Å². The first kappa shape index (κ1) is 37.0. The number of hydrogen-bond donors (Lipinski definition) is 2. The van der Waals surface area contributed by atoms with Gasteiger partial charge in [-0.3, -0.25) is 0 Å². The molecular weight excluding hydrogens is 549 g/mol. The number of phenols is 2. The maximum atomic E-state index is 11.1. The van der Waals surface area contributed by atoms with Crippen LogP contribution in [0.15, 0.2) is 24.3 Å². The molecule has 0 aliphatic carbocycles. The zero-order valence-corrected chi connectivity index (χ0v) is 30.3. The summed E-state index contributed by atoms with van der Waals surface area (Å²) in [6, 6.07) is 10.7. The van der Waals surface area contributed by atoms with Crippen molar-refractivity contribution in [3.8, 4) is 23.0 Å². The van der Waals surface area contributed by atoms with Crippen LogP contribution in [0.2, 0.25) is 12.1 Å². The second-order valence-electron chi connectivity index (χ2n) is 14.9. The van der Waals surface area contributed by atoms with Gasteiger partial charge in [-0.25, -0.2) is 0 Å². The van der Waals surface area contributed by atoms with Gasteiger partial charge in [0.15, 0.2) is 0 Å². The van der Waals surface area contributed by atoms with E-state index >= 15 is 0 Å². The van der Waals surface area contributed by atoms with E-state index in [1.54, 1.807) is 0 Å². The van der Waals surface area contributed by atoms with Crippen molar-refractivity contribution in [1.29, 1.82) is 0 Å². The molecule has 0 aliphatic rings. The quantitative estimate of drug-likeness (QED) is 0.146. The van der Waals surface area contributed by atoms with Crippen molar-refractivity contribution in [3.05, 3.63) is 46.5 Å². The summed E-state index contributed by atoms with van der Waals surface area (Å²) in [5.41, 5.74) is 3.97. The Balaban J connectivity index is 2.44. The van der Waals surface area contributed by atoms with E-state index in [-0.39, 0.29) is 0 Å². The number of unbranched alkanes of at least 4 members (excludes halogenated alkanes) is 2. The van der Waals surface area contributed by atoms with Crippen LogP contribution in [-0.4, -0.2) is 30.7 Å². The van der Waals surface area contributed by atoms with Gasteiger partial charge in [-0.2, -0.15) is 0 Å². The first-order valence-corrected chi connectivity index (χ1v) is 20.1. The van der Waals surface area contributed by atoms with E-state index in [9.17, 15) is 10.2 Å². The predicted molar refractivity (Wildman–Crippen MR) is 187 cm³/mol. The van der Waals surface area contributed by atoms with Crippen LogP contribution in [0.3, 0.4) is 0 Å². The van der Waals surface area contributed by atoms with Crippen LogP contribution >= 0.6 is 0 Å². The van der Waals surface area contributed by atoms with E-state index in [4.69, 9.17) is 9.47 Å². The lowest BCUT2D eigenvalue weighted by Crippen LogP contribution is -2.48. The van der Waals surface area contributed by atoms with Crippen molar-refractivity contribution in [2.75, 3.05) is 12.5 Å². The van der Waals surface area contributed by atoms with Crippen LogP contribution in [-0.2, 0) is 25.7 Å². The van der Waals surface area contributed by atoms with Crippen LogP contribution in [0.25, 0.3) is 0 Å². The summed E-state index contributed by atoms with van der Waals surface area (Å²) in [4.78, 5) is 0. The Bertz CT molecular complexity index is 956. The zero-order valence-electron chi connectivity index (χ0n) is 29.3. The maximum Gasteiger partial charge on any atom is 0.142 e. The molecule has 43 heavy (non-hydrogen) atoms. The molecule has 5 heteroatoms.